The molecule has 5 rings (SSSR count). The Balaban J connectivity index is 1.79. The number of hydrogen-bond donors (Lipinski definition) is 0. The van der Waals surface area contributed by atoms with Gasteiger partial charge in [-0.1, -0.05) is 35.9 Å². The molecule has 0 radical (unpaired) electrons. The highest BCUT2D eigenvalue weighted by Crippen LogP contribution is 2.35. The van der Waals surface area contributed by atoms with Gasteiger partial charge in [-0.2, -0.15) is 0 Å². The maximum Gasteiger partial charge on any atom is 0.251 e. The number of imidazole rings is 1. The summed E-state index contributed by atoms with van der Waals surface area (Å²) < 4.78 is 3.72. The van der Waals surface area contributed by atoms with E-state index in [2.05, 4.69) is 17.1 Å². The molecule has 0 aliphatic heterocycles. The molecule has 6 heteroatoms. The number of rotatable bonds is 4. The Labute approximate surface area is 196 Å². The van der Waals surface area contributed by atoms with Gasteiger partial charge in [-0.25, -0.2) is 4.98 Å². The first-order chi connectivity index (χ1) is 15.9. The molecule has 0 aliphatic rings. The minimum Gasteiger partial charge on any atom is -0.337 e. The average Bonchev–Trinajstić information content (AvgIpc) is 3.23. The monoisotopic (exact) mass is 454 g/mol. The highest BCUT2D eigenvalue weighted by Gasteiger charge is 2.21. The fraction of sp³-hybridized carbons (Fsp3) is 0.148. The summed E-state index contributed by atoms with van der Waals surface area (Å²) in [6.45, 7) is 1.96. The van der Waals surface area contributed by atoms with Crippen LogP contribution in [0.15, 0.2) is 84.0 Å². The molecule has 1 atom stereocenters. The minimum atomic E-state index is -0.0607. The highest BCUT2D eigenvalue weighted by atomic mass is 35.5. The quantitative estimate of drug-likeness (QED) is 0.361. The summed E-state index contributed by atoms with van der Waals surface area (Å²) >= 11 is 6.17. The fourth-order valence-corrected chi connectivity index (χ4v) is 4.52. The molecule has 3 heterocycles. The second-order valence-corrected chi connectivity index (χ2v) is 8.75. The summed E-state index contributed by atoms with van der Waals surface area (Å²) in [5.74, 6) is -0.0466. The van der Waals surface area contributed by atoms with Gasteiger partial charge in [0, 0.05) is 53.7 Å². The third kappa shape index (κ3) is 3.85. The third-order valence-corrected chi connectivity index (χ3v) is 6.37. The van der Waals surface area contributed by atoms with Gasteiger partial charge in [0.25, 0.3) is 5.56 Å². The van der Waals surface area contributed by atoms with Crippen LogP contribution in [0.3, 0.4) is 0 Å². The van der Waals surface area contributed by atoms with Crippen molar-refractivity contribution in [3.8, 4) is 11.3 Å². The maximum atomic E-state index is 12.7. The van der Waals surface area contributed by atoms with E-state index in [-0.39, 0.29) is 11.5 Å². The number of aryl methyl sites for hydroxylation is 3. The minimum absolute atomic E-state index is 0.0466. The van der Waals surface area contributed by atoms with E-state index in [1.54, 1.807) is 17.7 Å². The molecule has 0 spiro atoms. The van der Waals surface area contributed by atoms with Crippen molar-refractivity contribution < 1.29 is 0 Å². The number of benzene rings is 2. The molecule has 0 N–H and O–H groups in total. The van der Waals surface area contributed by atoms with E-state index in [0.29, 0.717) is 5.02 Å². The Hall–Kier alpha value is -3.70. The van der Waals surface area contributed by atoms with E-state index in [9.17, 15) is 4.79 Å². The van der Waals surface area contributed by atoms with Crippen LogP contribution in [0.2, 0.25) is 5.02 Å². The first-order valence-corrected chi connectivity index (χ1v) is 11.1. The van der Waals surface area contributed by atoms with Gasteiger partial charge in [0.1, 0.15) is 0 Å². The molecule has 0 amide bonds. The summed E-state index contributed by atoms with van der Waals surface area (Å²) in [6, 6.07) is 21.7. The molecule has 3 aromatic heterocycles. The summed E-state index contributed by atoms with van der Waals surface area (Å²) in [7, 11) is 3.80. The number of pyridine rings is 2. The maximum absolute atomic E-state index is 12.7. The predicted octanol–water partition coefficient (Wildman–Crippen LogP) is 5.48. The van der Waals surface area contributed by atoms with Crippen LogP contribution in [0.5, 0.6) is 0 Å². The zero-order chi connectivity index (χ0) is 23.1. The Morgan fingerprint density at radius 1 is 0.939 bits per heavy atom. The first-order valence-electron chi connectivity index (χ1n) is 10.7. The van der Waals surface area contributed by atoms with Crippen LogP contribution in [0.25, 0.3) is 22.2 Å². The molecule has 0 bridgehead atoms. The third-order valence-electron chi connectivity index (χ3n) is 6.12. The normalized spacial score (nSPS) is 12.2. The summed E-state index contributed by atoms with van der Waals surface area (Å²) in [6.07, 6.45) is 3.71. The molecule has 2 aromatic carbocycles. The Morgan fingerprint density at radius 2 is 1.70 bits per heavy atom. The van der Waals surface area contributed by atoms with Gasteiger partial charge in [0.2, 0.25) is 0 Å². The Kier molecular flexibility index (Phi) is 5.35. The van der Waals surface area contributed by atoms with Crippen molar-refractivity contribution in [2.45, 2.75) is 12.8 Å². The summed E-state index contributed by atoms with van der Waals surface area (Å²) in [4.78, 5) is 21.8. The molecule has 164 valence electrons. The fourth-order valence-electron chi connectivity index (χ4n) is 4.40. The van der Waals surface area contributed by atoms with Crippen molar-refractivity contribution in [2.24, 2.45) is 14.1 Å². The van der Waals surface area contributed by atoms with E-state index in [1.165, 1.54) is 0 Å². The SMILES string of the molecule is Cc1cccc(-c2cc(=O)n(C)c3ccc([C@H](c4ccc(Cl)cc4)c4cncn4C)cc23)n1. The Bertz CT molecular complexity index is 1530. The van der Waals surface area contributed by atoms with Crippen LogP contribution in [0.4, 0.5) is 0 Å². The average molecular weight is 455 g/mol. The van der Waals surface area contributed by atoms with Gasteiger partial charge >= 0.3 is 0 Å². The van der Waals surface area contributed by atoms with Crippen LogP contribution in [-0.2, 0) is 14.1 Å². The second kappa shape index (κ2) is 8.34. The van der Waals surface area contributed by atoms with Gasteiger partial charge in [0.15, 0.2) is 0 Å². The molecule has 0 fully saturated rings. The van der Waals surface area contributed by atoms with Crippen molar-refractivity contribution in [3.05, 3.63) is 117 Å². The van der Waals surface area contributed by atoms with Gasteiger partial charge in [-0.15, -0.1) is 0 Å². The first kappa shape index (κ1) is 21.2. The van der Waals surface area contributed by atoms with E-state index >= 15 is 0 Å². The van der Waals surface area contributed by atoms with Crippen molar-refractivity contribution in [1.29, 1.82) is 0 Å². The lowest BCUT2D eigenvalue weighted by atomic mass is 9.87. The molecule has 0 aliphatic carbocycles. The van der Waals surface area contributed by atoms with Crippen LogP contribution < -0.4 is 5.56 Å². The van der Waals surface area contributed by atoms with Gasteiger partial charge in [-0.3, -0.25) is 9.78 Å². The molecule has 0 unspecified atom stereocenters. The lowest BCUT2D eigenvalue weighted by molar-refractivity contribution is 0.793. The molecular weight excluding hydrogens is 432 g/mol. The molecular formula is C27H23ClN4O. The van der Waals surface area contributed by atoms with Gasteiger partial charge in [-0.05, 0) is 54.4 Å². The number of hydrogen-bond acceptors (Lipinski definition) is 3. The summed E-state index contributed by atoms with van der Waals surface area (Å²) in [5, 5.41) is 1.68. The second-order valence-electron chi connectivity index (χ2n) is 8.31. The van der Waals surface area contributed by atoms with E-state index in [4.69, 9.17) is 16.6 Å². The molecule has 5 aromatic rings. The number of aromatic nitrogens is 4. The summed E-state index contributed by atoms with van der Waals surface area (Å²) in [5.41, 5.74) is 6.61. The standard InChI is InChI=1S/C27H23ClN4O/c1-17-5-4-6-23(30-17)21-14-26(33)32(3)24-12-9-19(13-22(21)24)27(25-15-29-16-31(25)2)18-7-10-20(28)11-8-18/h4-16,27H,1-3H3/t27-/m0/s1. The largest absolute Gasteiger partial charge is 0.337 e. The van der Waals surface area contributed by atoms with E-state index in [0.717, 1.165) is 44.7 Å². The molecule has 5 nitrogen and oxygen atoms in total. The van der Waals surface area contributed by atoms with Gasteiger partial charge < -0.3 is 9.13 Å². The number of fused-ring (bicyclic) bond motifs is 1. The number of nitrogens with zero attached hydrogens (tertiary/aromatic N) is 4. The smallest absolute Gasteiger partial charge is 0.251 e. The van der Waals surface area contributed by atoms with Crippen LogP contribution >= 0.6 is 11.6 Å². The zero-order valence-corrected chi connectivity index (χ0v) is 19.4. The molecule has 33 heavy (non-hydrogen) atoms. The van der Waals surface area contributed by atoms with Crippen molar-refractivity contribution in [1.82, 2.24) is 19.1 Å². The van der Waals surface area contributed by atoms with Gasteiger partial charge in [0.05, 0.1) is 23.5 Å². The molecule has 0 saturated carbocycles. The number of halogens is 1. The molecule has 0 saturated heterocycles. The highest BCUT2D eigenvalue weighted by molar-refractivity contribution is 6.30. The van der Waals surface area contributed by atoms with E-state index < -0.39 is 0 Å². The van der Waals surface area contributed by atoms with E-state index in [1.807, 2.05) is 79.6 Å². The van der Waals surface area contributed by atoms with Crippen LogP contribution in [0, 0.1) is 6.92 Å². The van der Waals surface area contributed by atoms with Crippen molar-refractivity contribution in [2.75, 3.05) is 0 Å². The topological polar surface area (TPSA) is 52.7 Å². The Morgan fingerprint density at radius 3 is 2.39 bits per heavy atom. The lowest BCUT2D eigenvalue weighted by Gasteiger charge is -2.20. The van der Waals surface area contributed by atoms with Crippen LogP contribution in [0.1, 0.15) is 28.4 Å². The lowest BCUT2D eigenvalue weighted by Crippen LogP contribution is -2.17. The van der Waals surface area contributed by atoms with Crippen LogP contribution in [-0.4, -0.2) is 19.1 Å². The van der Waals surface area contributed by atoms with Crippen molar-refractivity contribution in [3.63, 3.8) is 0 Å². The van der Waals surface area contributed by atoms with Crippen molar-refractivity contribution >= 4 is 22.5 Å². The predicted molar refractivity (Wildman–Crippen MR) is 133 cm³/mol. The zero-order valence-electron chi connectivity index (χ0n) is 18.7.